The molecule has 0 aromatic carbocycles. The summed E-state index contributed by atoms with van der Waals surface area (Å²) in [4.78, 5) is 12.1. The van der Waals surface area contributed by atoms with Crippen LogP contribution in [-0.2, 0) is 9.53 Å². The van der Waals surface area contributed by atoms with E-state index < -0.39 is 0 Å². The second kappa shape index (κ2) is 15.0. The van der Waals surface area contributed by atoms with Crippen LogP contribution in [0.15, 0.2) is 36.7 Å². The largest absolute Gasteiger partial charge is 0.463 e. The molecule has 0 rings (SSSR count). The molecule has 3 heteroatoms. The van der Waals surface area contributed by atoms with Gasteiger partial charge in [-0.1, -0.05) is 32.6 Å². The summed E-state index contributed by atoms with van der Waals surface area (Å²) in [6.45, 7) is 31.3. The van der Waals surface area contributed by atoms with Crippen molar-refractivity contribution in [3.05, 3.63) is 36.7 Å². The van der Waals surface area contributed by atoms with Crippen LogP contribution < -0.4 is 0 Å². The molecule has 0 N–H and O–H groups in total. The average molecular weight is 340 g/mol. The fraction of sp³-hybridized carbons (Fsp3) is 0.667. The quantitative estimate of drug-likeness (QED) is 0.418. The summed E-state index contributed by atoms with van der Waals surface area (Å²) in [5, 5.41) is 0. The third-order valence-corrected chi connectivity index (χ3v) is 2.50. The van der Waals surface area contributed by atoms with E-state index in [2.05, 4.69) is 64.0 Å². The zero-order valence-electron chi connectivity index (χ0n) is 17.8. The molecular formula is C21H41NO2. The van der Waals surface area contributed by atoms with E-state index >= 15 is 0 Å². The van der Waals surface area contributed by atoms with Crippen molar-refractivity contribution in [1.82, 2.24) is 4.90 Å². The molecule has 0 bridgehead atoms. The van der Waals surface area contributed by atoms with Gasteiger partial charge in [-0.2, -0.15) is 0 Å². The van der Waals surface area contributed by atoms with Crippen LogP contribution in [0.2, 0.25) is 0 Å². The molecule has 0 saturated heterocycles. The van der Waals surface area contributed by atoms with Gasteiger partial charge in [0.15, 0.2) is 0 Å². The van der Waals surface area contributed by atoms with Crippen molar-refractivity contribution in [2.45, 2.75) is 87.8 Å². The summed E-state index contributed by atoms with van der Waals surface area (Å²) in [6, 6.07) is 0.468. The molecule has 0 saturated carbocycles. The maximum absolute atomic E-state index is 10.0. The van der Waals surface area contributed by atoms with E-state index in [1.54, 1.807) is 0 Å². The Labute approximate surface area is 151 Å². The van der Waals surface area contributed by atoms with Gasteiger partial charge in [0.2, 0.25) is 0 Å². The highest BCUT2D eigenvalue weighted by Gasteiger charge is 2.07. The lowest BCUT2D eigenvalue weighted by atomic mass is 10.1. The number of esters is 1. The Hall–Kier alpha value is -1.51. The minimum atomic E-state index is -0.213. The smallest absolute Gasteiger partial charge is 0.302 e. The number of carbonyl (C=O) groups is 1. The minimum absolute atomic E-state index is 0.0255. The predicted molar refractivity (Wildman–Crippen MR) is 108 cm³/mol. The maximum Gasteiger partial charge on any atom is 0.302 e. The van der Waals surface area contributed by atoms with Crippen LogP contribution in [0, 0.1) is 5.92 Å². The molecule has 0 radical (unpaired) electrons. The van der Waals surface area contributed by atoms with E-state index in [0.717, 1.165) is 17.3 Å². The third-order valence-electron chi connectivity index (χ3n) is 2.50. The van der Waals surface area contributed by atoms with Crippen LogP contribution in [0.5, 0.6) is 0 Å². The van der Waals surface area contributed by atoms with E-state index in [0.29, 0.717) is 6.04 Å². The highest BCUT2D eigenvalue weighted by Crippen LogP contribution is 2.12. The second-order valence-electron chi connectivity index (χ2n) is 7.15. The number of allylic oxidation sites excluding steroid dienone is 3. The van der Waals surface area contributed by atoms with Crippen molar-refractivity contribution in [2.75, 3.05) is 0 Å². The predicted octanol–water partition coefficient (Wildman–Crippen LogP) is 6.33. The highest BCUT2D eigenvalue weighted by atomic mass is 16.5. The number of hydrogen-bond donors (Lipinski definition) is 0. The third kappa shape index (κ3) is 22.8. The van der Waals surface area contributed by atoms with Crippen molar-refractivity contribution in [2.24, 2.45) is 5.92 Å². The number of hydrogen-bond acceptors (Lipinski definition) is 3. The van der Waals surface area contributed by atoms with Crippen LogP contribution in [0.1, 0.15) is 75.7 Å². The van der Waals surface area contributed by atoms with E-state index in [4.69, 9.17) is 0 Å². The zero-order valence-corrected chi connectivity index (χ0v) is 17.8. The van der Waals surface area contributed by atoms with Crippen molar-refractivity contribution in [3.8, 4) is 0 Å². The standard InChI is InChI=1S/C9H17N.C7H14.C5H10O2/c1-7(2)10(8(3)4)9(5)6;1-6(2)5-7(3)4;1-4(2)7-5(3)6/h9H,1,3H2,2,4-6H3;7H,1,5H2,2-4H3;4H,1-3H3. The Bertz CT molecular complexity index is 359. The SMILES string of the molecule is C=C(C)CC(C)C.C=C(C)N(C(=C)C)C(C)C.CC(=O)OC(C)C. The Morgan fingerprint density at radius 3 is 1.25 bits per heavy atom. The molecule has 0 aromatic rings. The van der Waals surface area contributed by atoms with Crippen molar-refractivity contribution >= 4 is 5.97 Å². The van der Waals surface area contributed by atoms with E-state index in [1.807, 2.05) is 27.7 Å². The van der Waals surface area contributed by atoms with Crippen LogP contribution in [0.25, 0.3) is 0 Å². The monoisotopic (exact) mass is 339 g/mol. The first kappa shape index (κ1) is 27.3. The molecule has 0 fully saturated rings. The van der Waals surface area contributed by atoms with Gasteiger partial charge in [-0.15, -0.1) is 6.58 Å². The van der Waals surface area contributed by atoms with Gasteiger partial charge < -0.3 is 9.64 Å². The molecule has 24 heavy (non-hydrogen) atoms. The molecule has 3 nitrogen and oxygen atoms in total. The molecule has 0 aliphatic heterocycles. The van der Waals surface area contributed by atoms with Crippen LogP contribution in [0.3, 0.4) is 0 Å². The van der Waals surface area contributed by atoms with Gasteiger partial charge in [-0.05, 0) is 60.8 Å². The zero-order chi connectivity index (χ0) is 20.0. The first-order chi connectivity index (χ1) is 10.7. The highest BCUT2D eigenvalue weighted by molar-refractivity contribution is 5.66. The number of rotatable bonds is 6. The molecule has 0 heterocycles. The normalized spacial score (nSPS) is 9.54. The maximum atomic E-state index is 10.0. The lowest BCUT2D eigenvalue weighted by Gasteiger charge is -2.28. The molecule has 0 aromatic heterocycles. The molecule has 0 unspecified atom stereocenters. The molecule has 142 valence electrons. The number of carbonyl (C=O) groups excluding carboxylic acids is 1. The summed E-state index contributed by atoms with van der Waals surface area (Å²) < 4.78 is 4.61. The van der Waals surface area contributed by atoms with E-state index in [1.165, 1.54) is 18.9 Å². The van der Waals surface area contributed by atoms with Crippen LogP contribution >= 0.6 is 0 Å². The van der Waals surface area contributed by atoms with Crippen LogP contribution in [-0.4, -0.2) is 23.0 Å². The lowest BCUT2D eigenvalue weighted by Crippen LogP contribution is -2.26. The fourth-order valence-corrected chi connectivity index (χ4v) is 2.24. The topological polar surface area (TPSA) is 29.5 Å². The minimum Gasteiger partial charge on any atom is -0.463 e. The molecule has 0 amide bonds. The second-order valence-corrected chi connectivity index (χ2v) is 7.15. The van der Waals surface area contributed by atoms with Gasteiger partial charge in [0.25, 0.3) is 0 Å². The van der Waals surface area contributed by atoms with Gasteiger partial charge >= 0.3 is 5.97 Å². The number of nitrogens with zero attached hydrogens (tertiary/aromatic N) is 1. The summed E-state index contributed by atoms with van der Waals surface area (Å²) in [5.41, 5.74) is 3.40. The Morgan fingerprint density at radius 2 is 1.25 bits per heavy atom. The van der Waals surface area contributed by atoms with Gasteiger partial charge in [0, 0.05) is 24.4 Å². The molecule has 0 aliphatic carbocycles. The Balaban J connectivity index is -0.000000283. The summed E-state index contributed by atoms with van der Waals surface area (Å²) >= 11 is 0. The summed E-state index contributed by atoms with van der Waals surface area (Å²) in [6.07, 6.45) is 1.19. The first-order valence-electron chi connectivity index (χ1n) is 8.64. The summed E-state index contributed by atoms with van der Waals surface area (Å²) in [7, 11) is 0. The Morgan fingerprint density at radius 1 is 0.875 bits per heavy atom. The summed E-state index contributed by atoms with van der Waals surface area (Å²) in [5.74, 6) is 0.563. The molecule has 0 atom stereocenters. The molecular weight excluding hydrogens is 298 g/mol. The van der Waals surface area contributed by atoms with E-state index in [9.17, 15) is 4.79 Å². The van der Waals surface area contributed by atoms with Gasteiger partial charge in [-0.25, -0.2) is 0 Å². The van der Waals surface area contributed by atoms with Crippen molar-refractivity contribution in [3.63, 3.8) is 0 Å². The van der Waals surface area contributed by atoms with Crippen molar-refractivity contribution in [1.29, 1.82) is 0 Å². The van der Waals surface area contributed by atoms with Gasteiger partial charge in [0.05, 0.1) is 6.10 Å². The average Bonchev–Trinajstić information content (AvgIpc) is 2.23. The van der Waals surface area contributed by atoms with Crippen LogP contribution in [0.4, 0.5) is 0 Å². The van der Waals surface area contributed by atoms with E-state index in [-0.39, 0.29) is 12.1 Å². The Kier molecular flexibility index (Phi) is 17.1. The molecule has 0 aliphatic rings. The molecule has 0 spiro atoms. The number of ether oxygens (including phenoxy) is 1. The lowest BCUT2D eigenvalue weighted by molar-refractivity contribution is -0.144. The van der Waals surface area contributed by atoms with Crippen molar-refractivity contribution < 1.29 is 9.53 Å². The first-order valence-corrected chi connectivity index (χ1v) is 8.64. The fourth-order valence-electron chi connectivity index (χ4n) is 2.24. The van der Waals surface area contributed by atoms with Gasteiger partial charge in [-0.3, -0.25) is 4.79 Å². The van der Waals surface area contributed by atoms with Gasteiger partial charge in [0.1, 0.15) is 0 Å².